The SMILES string of the molecule is CNc1ccc2c(c1)OC1CC(=[NH2+])C(OC)=CC1=N2. The van der Waals surface area contributed by atoms with Gasteiger partial charge in [-0.15, -0.1) is 0 Å². The van der Waals surface area contributed by atoms with Crippen molar-refractivity contribution in [2.24, 2.45) is 4.99 Å². The van der Waals surface area contributed by atoms with Crippen molar-refractivity contribution < 1.29 is 14.9 Å². The molecule has 0 spiro atoms. The molecule has 5 nitrogen and oxygen atoms in total. The third-order valence-electron chi connectivity index (χ3n) is 3.32. The van der Waals surface area contributed by atoms with E-state index >= 15 is 0 Å². The van der Waals surface area contributed by atoms with Crippen LogP contribution in [0.5, 0.6) is 5.75 Å². The third kappa shape index (κ3) is 1.97. The fraction of sp³-hybridized carbons (Fsp3) is 0.286. The van der Waals surface area contributed by atoms with Crippen LogP contribution in [0.25, 0.3) is 0 Å². The lowest BCUT2D eigenvalue weighted by Gasteiger charge is -2.27. The molecule has 0 saturated heterocycles. The summed E-state index contributed by atoms with van der Waals surface area (Å²) < 4.78 is 11.2. The van der Waals surface area contributed by atoms with E-state index < -0.39 is 0 Å². The van der Waals surface area contributed by atoms with Crippen LogP contribution < -0.4 is 15.5 Å². The van der Waals surface area contributed by atoms with Gasteiger partial charge in [0.15, 0.2) is 11.9 Å². The van der Waals surface area contributed by atoms with Gasteiger partial charge in [-0.05, 0) is 12.1 Å². The molecule has 5 heteroatoms. The van der Waals surface area contributed by atoms with Crippen LogP contribution >= 0.6 is 0 Å². The molecular weight excluding hydrogens is 242 g/mol. The summed E-state index contributed by atoms with van der Waals surface area (Å²) >= 11 is 0. The number of fused-ring (bicyclic) bond motifs is 2. The highest BCUT2D eigenvalue weighted by Gasteiger charge is 2.33. The van der Waals surface area contributed by atoms with E-state index in [-0.39, 0.29) is 6.10 Å². The lowest BCUT2D eigenvalue weighted by molar-refractivity contribution is -0.119. The zero-order valence-electron chi connectivity index (χ0n) is 10.9. The number of nitrogens with two attached hydrogens (primary N) is 1. The number of hydrogen-bond donors (Lipinski definition) is 2. The van der Waals surface area contributed by atoms with Crippen molar-refractivity contribution >= 4 is 22.8 Å². The normalized spacial score (nSPS) is 20.5. The van der Waals surface area contributed by atoms with Crippen LogP contribution in [-0.4, -0.2) is 31.7 Å². The number of nitrogens with one attached hydrogen (secondary N) is 1. The molecule has 1 atom stereocenters. The quantitative estimate of drug-likeness (QED) is 0.820. The highest BCUT2D eigenvalue weighted by atomic mass is 16.5. The predicted octanol–water partition coefficient (Wildman–Crippen LogP) is 0.696. The van der Waals surface area contributed by atoms with Crippen molar-refractivity contribution in [2.75, 3.05) is 19.5 Å². The fourth-order valence-corrected chi connectivity index (χ4v) is 2.27. The number of nitrogens with zero attached hydrogens (tertiary/aromatic N) is 1. The average Bonchev–Trinajstić information content (AvgIpc) is 2.44. The summed E-state index contributed by atoms with van der Waals surface area (Å²) in [5, 5.41) is 9.03. The molecule has 19 heavy (non-hydrogen) atoms. The van der Waals surface area contributed by atoms with Crippen molar-refractivity contribution in [1.29, 1.82) is 0 Å². The molecule has 0 saturated carbocycles. The first-order chi connectivity index (χ1) is 9.21. The number of hydrogen-bond acceptors (Lipinski definition) is 4. The standard InChI is InChI=1S/C14H15N3O2/c1-16-8-3-4-10-13(5-8)19-14-6-9(15)12(18-2)7-11(14)17-10/h3-5,7,14-16H,6H2,1-2H3/p+1. The summed E-state index contributed by atoms with van der Waals surface area (Å²) in [6.45, 7) is 0. The Morgan fingerprint density at radius 2 is 2.32 bits per heavy atom. The highest BCUT2D eigenvalue weighted by molar-refractivity contribution is 6.13. The van der Waals surface area contributed by atoms with Gasteiger partial charge in [0, 0.05) is 24.9 Å². The van der Waals surface area contributed by atoms with Crippen molar-refractivity contribution in [3.05, 3.63) is 30.0 Å². The van der Waals surface area contributed by atoms with E-state index in [4.69, 9.17) is 14.9 Å². The first kappa shape index (κ1) is 11.8. The largest absolute Gasteiger partial charge is 0.491 e. The second kappa shape index (κ2) is 4.42. The van der Waals surface area contributed by atoms with Crippen LogP contribution in [0.15, 0.2) is 35.0 Å². The predicted molar refractivity (Wildman–Crippen MR) is 74.1 cm³/mol. The van der Waals surface area contributed by atoms with Crippen LogP contribution in [0.2, 0.25) is 0 Å². The van der Waals surface area contributed by atoms with Gasteiger partial charge in [-0.1, -0.05) is 0 Å². The van der Waals surface area contributed by atoms with Gasteiger partial charge >= 0.3 is 0 Å². The van der Waals surface area contributed by atoms with Crippen molar-refractivity contribution in [3.8, 4) is 5.75 Å². The topological polar surface area (TPSA) is 68.4 Å². The zero-order valence-corrected chi connectivity index (χ0v) is 10.9. The van der Waals surface area contributed by atoms with Gasteiger partial charge in [-0.3, -0.25) is 5.41 Å². The molecule has 1 unspecified atom stereocenters. The first-order valence-corrected chi connectivity index (χ1v) is 6.15. The summed E-state index contributed by atoms with van der Waals surface area (Å²) in [5.74, 6) is 1.46. The molecule has 3 N–H and O–H groups in total. The Morgan fingerprint density at radius 1 is 1.47 bits per heavy atom. The Morgan fingerprint density at radius 3 is 3.05 bits per heavy atom. The number of anilines is 1. The molecule has 0 fully saturated rings. The second-order valence-electron chi connectivity index (χ2n) is 4.52. The van der Waals surface area contributed by atoms with E-state index in [9.17, 15) is 0 Å². The van der Waals surface area contributed by atoms with Gasteiger partial charge in [0.1, 0.15) is 11.4 Å². The molecule has 1 aromatic carbocycles. The molecule has 3 rings (SSSR count). The van der Waals surface area contributed by atoms with Crippen LogP contribution in [0.1, 0.15) is 6.42 Å². The summed E-state index contributed by atoms with van der Waals surface area (Å²) in [5.41, 5.74) is 3.38. The minimum Gasteiger partial charge on any atom is -0.491 e. The smallest absolute Gasteiger partial charge is 0.219 e. The Labute approximate surface area is 111 Å². The summed E-state index contributed by atoms with van der Waals surface area (Å²) in [6.07, 6.45) is 2.32. The molecule has 0 radical (unpaired) electrons. The maximum Gasteiger partial charge on any atom is 0.219 e. The van der Waals surface area contributed by atoms with Gasteiger partial charge in [0.05, 0.1) is 19.2 Å². The van der Waals surface area contributed by atoms with E-state index in [0.29, 0.717) is 17.9 Å². The molecule has 1 aromatic rings. The van der Waals surface area contributed by atoms with E-state index in [0.717, 1.165) is 22.8 Å². The van der Waals surface area contributed by atoms with Crippen LogP contribution in [0, 0.1) is 0 Å². The third-order valence-corrected chi connectivity index (χ3v) is 3.32. The lowest BCUT2D eigenvalue weighted by atomic mass is 9.97. The molecule has 1 heterocycles. The van der Waals surface area contributed by atoms with Gasteiger partial charge in [0.25, 0.3) is 0 Å². The average molecular weight is 258 g/mol. The van der Waals surface area contributed by atoms with Gasteiger partial charge in [-0.2, -0.15) is 0 Å². The summed E-state index contributed by atoms with van der Waals surface area (Å²) in [4.78, 5) is 4.61. The maximum atomic E-state index is 5.97. The van der Waals surface area contributed by atoms with Gasteiger partial charge < -0.3 is 14.8 Å². The van der Waals surface area contributed by atoms with Gasteiger partial charge in [0.2, 0.25) is 5.71 Å². The highest BCUT2D eigenvalue weighted by Crippen LogP contribution is 2.36. The van der Waals surface area contributed by atoms with E-state index in [2.05, 4.69) is 10.3 Å². The van der Waals surface area contributed by atoms with E-state index in [1.165, 1.54) is 0 Å². The van der Waals surface area contributed by atoms with Crippen LogP contribution in [-0.2, 0) is 4.74 Å². The number of ether oxygens (including phenoxy) is 2. The second-order valence-corrected chi connectivity index (χ2v) is 4.52. The van der Waals surface area contributed by atoms with Crippen molar-refractivity contribution in [1.82, 2.24) is 0 Å². The summed E-state index contributed by atoms with van der Waals surface area (Å²) in [7, 11) is 3.48. The molecule has 0 aromatic heterocycles. The molecule has 2 aliphatic rings. The Kier molecular flexibility index (Phi) is 2.74. The molecular formula is C14H16N3O2+. The molecule has 1 aliphatic carbocycles. The molecule has 98 valence electrons. The molecule has 0 amide bonds. The summed E-state index contributed by atoms with van der Waals surface area (Å²) in [6, 6.07) is 5.85. The number of benzene rings is 1. The Hall–Kier alpha value is -2.30. The van der Waals surface area contributed by atoms with E-state index in [1.807, 2.05) is 31.3 Å². The molecule has 1 aliphatic heterocycles. The number of aliphatic imine (C=N–C) groups is 1. The Balaban J connectivity index is 2.03. The number of methoxy groups -OCH3 is 1. The van der Waals surface area contributed by atoms with Crippen LogP contribution in [0.4, 0.5) is 11.4 Å². The maximum absolute atomic E-state index is 5.97. The number of allylic oxidation sites excluding steroid dienone is 1. The minimum absolute atomic E-state index is 0.126. The fourth-order valence-electron chi connectivity index (χ4n) is 2.27. The van der Waals surface area contributed by atoms with Gasteiger partial charge in [-0.25, -0.2) is 4.99 Å². The minimum atomic E-state index is -0.126. The lowest BCUT2D eigenvalue weighted by Crippen LogP contribution is -2.48. The first-order valence-electron chi connectivity index (χ1n) is 6.15. The van der Waals surface area contributed by atoms with Crippen LogP contribution in [0.3, 0.4) is 0 Å². The van der Waals surface area contributed by atoms with Crippen molar-refractivity contribution in [3.63, 3.8) is 0 Å². The number of rotatable bonds is 2. The molecule has 0 bridgehead atoms. The zero-order chi connectivity index (χ0) is 13.4. The van der Waals surface area contributed by atoms with Crippen molar-refractivity contribution in [2.45, 2.75) is 12.5 Å². The monoisotopic (exact) mass is 258 g/mol. The van der Waals surface area contributed by atoms with E-state index in [1.54, 1.807) is 7.11 Å². The Bertz CT molecular complexity index is 605.